The first kappa shape index (κ1) is 30.2. The third-order valence-electron chi connectivity index (χ3n) is 10.1. The summed E-state index contributed by atoms with van der Waals surface area (Å²) in [7, 11) is 1.89. The highest BCUT2D eigenvalue weighted by Gasteiger charge is 2.62. The van der Waals surface area contributed by atoms with Gasteiger partial charge in [-0.25, -0.2) is 0 Å². The van der Waals surface area contributed by atoms with Gasteiger partial charge in [-0.3, -0.25) is 9.59 Å². The van der Waals surface area contributed by atoms with Gasteiger partial charge in [-0.05, 0) is 86.4 Å². The predicted molar refractivity (Wildman–Crippen MR) is 173 cm³/mol. The summed E-state index contributed by atoms with van der Waals surface area (Å²) >= 11 is 12.8. The first-order valence-corrected chi connectivity index (χ1v) is 16.4. The maximum absolute atomic E-state index is 14.2. The number of benzene rings is 3. The van der Waals surface area contributed by atoms with Crippen molar-refractivity contribution in [1.82, 2.24) is 14.7 Å². The molecule has 0 radical (unpaired) electrons. The van der Waals surface area contributed by atoms with Gasteiger partial charge in [0, 0.05) is 33.2 Å². The maximum atomic E-state index is 14.2. The van der Waals surface area contributed by atoms with Crippen molar-refractivity contribution >= 4 is 35.0 Å². The Balaban J connectivity index is 1.20. The highest BCUT2D eigenvalue weighted by molar-refractivity contribution is 6.42. The Morgan fingerprint density at radius 3 is 2.12 bits per heavy atom. The van der Waals surface area contributed by atoms with E-state index in [1.165, 1.54) is 6.42 Å². The van der Waals surface area contributed by atoms with Crippen LogP contribution in [0.1, 0.15) is 55.2 Å². The van der Waals surface area contributed by atoms with Crippen LogP contribution in [0.3, 0.4) is 0 Å². The first-order valence-electron chi connectivity index (χ1n) is 15.7. The minimum Gasteiger partial charge on any atom is -0.342 e. The maximum Gasteiger partial charge on any atom is 0.233 e. The number of nitrogens with zero attached hydrogens (tertiary/aromatic N) is 3. The van der Waals surface area contributed by atoms with Gasteiger partial charge in [0.2, 0.25) is 11.8 Å². The molecule has 0 spiro atoms. The van der Waals surface area contributed by atoms with E-state index in [1.807, 2.05) is 54.4 Å². The van der Waals surface area contributed by atoms with Gasteiger partial charge in [-0.1, -0.05) is 89.9 Å². The van der Waals surface area contributed by atoms with E-state index in [0.717, 1.165) is 81.5 Å². The molecule has 7 heteroatoms. The number of rotatable bonds is 8. The van der Waals surface area contributed by atoms with Crippen LogP contribution >= 0.6 is 23.2 Å². The summed E-state index contributed by atoms with van der Waals surface area (Å²) < 4.78 is 0. The van der Waals surface area contributed by atoms with Crippen molar-refractivity contribution in [2.24, 2.45) is 5.92 Å². The van der Waals surface area contributed by atoms with Crippen molar-refractivity contribution in [1.29, 1.82) is 0 Å². The zero-order valence-electron chi connectivity index (χ0n) is 25.0. The third-order valence-corrected chi connectivity index (χ3v) is 10.8. The van der Waals surface area contributed by atoms with Crippen LogP contribution in [0, 0.1) is 5.92 Å². The predicted octanol–water partition coefficient (Wildman–Crippen LogP) is 6.96. The standard InChI is InChI=1S/C36H41Cl2N3O2/c1-39(25-27-11-5-2-6-12-27)34(43)36(29-15-16-31(37)32(38)23-29)24-30(36)26-40-21-17-35(18-22-40,28-13-7-3-8-14-28)33(42)41-19-9-4-10-20-41/h2-3,5-8,11-16,23,30H,4,9-10,17-22,24-26H2,1H3. The van der Waals surface area contributed by atoms with E-state index in [9.17, 15) is 9.59 Å². The van der Waals surface area contributed by atoms with Crippen molar-refractivity contribution in [3.63, 3.8) is 0 Å². The molecule has 3 aromatic rings. The van der Waals surface area contributed by atoms with Crippen LogP contribution in [0.15, 0.2) is 78.9 Å². The summed E-state index contributed by atoms with van der Waals surface area (Å²) in [5.74, 6) is 0.584. The second-order valence-corrected chi connectivity index (χ2v) is 13.6. The molecule has 3 aromatic carbocycles. The molecule has 3 aliphatic rings. The van der Waals surface area contributed by atoms with Gasteiger partial charge in [0.1, 0.15) is 0 Å². The molecule has 2 aliphatic heterocycles. The number of carbonyl (C=O) groups excluding carboxylic acids is 2. The quantitative estimate of drug-likeness (QED) is 0.274. The second kappa shape index (κ2) is 12.6. The molecule has 0 aromatic heterocycles. The third kappa shape index (κ3) is 5.96. The SMILES string of the molecule is CN(Cc1ccccc1)C(=O)C1(c2ccc(Cl)c(Cl)c2)CC1CN1CCC(C(=O)N2CCCCC2)(c2ccccc2)CC1. The molecule has 1 saturated carbocycles. The minimum atomic E-state index is -0.630. The molecule has 2 atom stereocenters. The van der Waals surface area contributed by atoms with Gasteiger partial charge in [0.25, 0.3) is 0 Å². The number of halogens is 2. The lowest BCUT2D eigenvalue weighted by molar-refractivity contribution is -0.140. The molecule has 3 fully saturated rings. The summed E-state index contributed by atoms with van der Waals surface area (Å²) in [5.41, 5.74) is 2.07. The Hall–Kier alpha value is -2.86. The van der Waals surface area contributed by atoms with Gasteiger partial charge in [0.15, 0.2) is 0 Å². The largest absolute Gasteiger partial charge is 0.342 e. The average Bonchev–Trinajstić information content (AvgIpc) is 3.77. The van der Waals surface area contributed by atoms with Crippen molar-refractivity contribution in [2.45, 2.75) is 55.9 Å². The van der Waals surface area contributed by atoms with Crippen LogP contribution in [0.2, 0.25) is 10.0 Å². The smallest absolute Gasteiger partial charge is 0.233 e. The Labute approximate surface area is 265 Å². The van der Waals surface area contributed by atoms with Crippen LogP contribution in [0.25, 0.3) is 0 Å². The van der Waals surface area contributed by atoms with Crippen LogP contribution in [-0.2, 0) is 27.0 Å². The van der Waals surface area contributed by atoms with Gasteiger partial charge < -0.3 is 14.7 Å². The second-order valence-electron chi connectivity index (χ2n) is 12.7. The van der Waals surface area contributed by atoms with Crippen molar-refractivity contribution in [3.8, 4) is 0 Å². The Bertz CT molecular complexity index is 1440. The molecule has 43 heavy (non-hydrogen) atoms. The summed E-state index contributed by atoms with van der Waals surface area (Å²) in [4.78, 5) is 34.8. The van der Waals surface area contributed by atoms with Gasteiger partial charge in [0.05, 0.1) is 20.9 Å². The number of likely N-dealkylation sites (tertiary alicyclic amines) is 2. The molecule has 0 bridgehead atoms. The van der Waals surface area contributed by atoms with Crippen molar-refractivity contribution in [3.05, 3.63) is 106 Å². The van der Waals surface area contributed by atoms with E-state index in [4.69, 9.17) is 23.2 Å². The van der Waals surface area contributed by atoms with Crippen molar-refractivity contribution < 1.29 is 9.59 Å². The number of hydrogen-bond donors (Lipinski definition) is 0. The molecular weight excluding hydrogens is 577 g/mol. The fourth-order valence-corrected chi connectivity index (χ4v) is 7.84. The van der Waals surface area contributed by atoms with Crippen LogP contribution in [0.4, 0.5) is 0 Å². The van der Waals surface area contributed by atoms with Crippen LogP contribution in [-0.4, -0.2) is 66.3 Å². The molecule has 0 N–H and O–H groups in total. The fourth-order valence-electron chi connectivity index (χ4n) is 7.54. The number of amides is 2. The topological polar surface area (TPSA) is 43.9 Å². The molecule has 2 heterocycles. The zero-order chi connectivity index (χ0) is 30.0. The number of carbonyl (C=O) groups is 2. The lowest BCUT2D eigenvalue weighted by Gasteiger charge is -2.44. The Kier molecular flexibility index (Phi) is 8.86. The summed E-state index contributed by atoms with van der Waals surface area (Å²) in [5, 5.41) is 0.971. The van der Waals surface area contributed by atoms with Crippen LogP contribution in [0.5, 0.6) is 0 Å². The van der Waals surface area contributed by atoms with Crippen molar-refractivity contribution in [2.75, 3.05) is 39.8 Å². The number of likely N-dealkylation sites (N-methyl/N-ethyl adjacent to an activating group) is 1. The molecule has 1 aliphatic carbocycles. The normalized spacial score (nSPS) is 23.5. The zero-order valence-corrected chi connectivity index (χ0v) is 26.5. The lowest BCUT2D eigenvalue weighted by Crippen LogP contribution is -2.54. The lowest BCUT2D eigenvalue weighted by atomic mass is 9.71. The van der Waals surface area contributed by atoms with E-state index in [1.54, 1.807) is 0 Å². The van der Waals surface area contributed by atoms with Gasteiger partial charge >= 0.3 is 0 Å². The van der Waals surface area contributed by atoms with Gasteiger partial charge in [-0.2, -0.15) is 0 Å². The highest BCUT2D eigenvalue weighted by Crippen LogP contribution is 2.57. The summed E-state index contributed by atoms with van der Waals surface area (Å²) in [6, 6.07) is 26.2. The molecule has 226 valence electrons. The monoisotopic (exact) mass is 617 g/mol. The van der Waals surface area contributed by atoms with E-state index in [0.29, 0.717) is 22.5 Å². The average molecular weight is 619 g/mol. The van der Waals surface area contributed by atoms with E-state index in [-0.39, 0.29) is 11.8 Å². The van der Waals surface area contributed by atoms with E-state index >= 15 is 0 Å². The Morgan fingerprint density at radius 1 is 0.814 bits per heavy atom. The molecule has 6 rings (SSSR count). The van der Waals surface area contributed by atoms with E-state index < -0.39 is 10.8 Å². The fraction of sp³-hybridized carbons (Fsp3) is 0.444. The molecular formula is C36H41Cl2N3O2. The highest BCUT2D eigenvalue weighted by atomic mass is 35.5. The first-order chi connectivity index (χ1) is 20.8. The molecule has 5 nitrogen and oxygen atoms in total. The molecule has 2 unspecified atom stereocenters. The Morgan fingerprint density at radius 2 is 1.47 bits per heavy atom. The number of hydrogen-bond acceptors (Lipinski definition) is 3. The van der Waals surface area contributed by atoms with Crippen LogP contribution < -0.4 is 0 Å². The summed E-state index contributed by atoms with van der Waals surface area (Å²) in [6.45, 7) is 4.76. The van der Waals surface area contributed by atoms with E-state index in [2.05, 4.69) is 46.2 Å². The molecule has 2 amide bonds. The summed E-state index contributed by atoms with van der Waals surface area (Å²) in [6.07, 6.45) is 5.75. The molecule has 2 saturated heterocycles. The number of piperidine rings is 2. The van der Waals surface area contributed by atoms with Gasteiger partial charge in [-0.15, -0.1) is 0 Å². The minimum absolute atomic E-state index is 0.121.